The summed E-state index contributed by atoms with van der Waals surface area (Å²) in [6.45, 7) is 3.91. The highest BCUT2D eigenvalue weighted by Crippen LogP contribution is 2.18. The van der Waals surface area contributed by atoms with Crippen LogP contribution in [0.15, 0.2) is 36.4 Å². The van der Waals surface area contributed by atoms with Crippen molar-refractivity contribution in [2.45, 2.75) is 20.8 Å². The first-order valence-electron chi connectivity index (χ1n) is 8.48. The minimum atomic E-state index is -2.21. The van der Waals surface area contributed by atoms with Crippen LogP contribution in [0, 0.1) is 55.7 Å². The summed E-state index contributed by atoms with van der Waals surface area (Å²) in [5.74, 6) is -10.6. The number of benzene rings is 3. The molecule has 0 N–H and O–H groups in total. The van der Waals surface area contributed by atoms with Crippen LogP contribution in [0.5, 0.6) is 0 Å². The second kappa shape index (κ2) is 7.38. The third-order valence-corrected chi connectivity index (χ3v) is 4.76. The summed E-state index contributed by atoms with van der Waals surface area (Å²) < 4.78 is 84.0. The predicted molar refractivity (Wildman–Crippen MR) is 97.9 cm³/mol. The van der Waals surface area contributed by atoms with E-state index in [-0.39, 0.29) is 5.46 Å². The van der Waals surface area contributed by atoms with Crippen LogP contribution in [-0.4, -0.2) is 6.71 Å². The maximum atomic E-state index is 14.7. The summed E-state index contributed by atoms with van der Waals surface area (Å²) in [7, 11) is 0. The van der Waals surface area contributed by atoms with Crippen molar-refractivity contribution in [3.63, 3.8) is 0 Å². The molecule has 0 atom stereocenters. The molecule has 0 nitrogen and oxygen atoms in total. The van der Waals surface area contributed by atoms with E-state index < -0.39 is 47.1 Å². The van der Waals surface area contributed by atoms with Gasteiger partial charge in [0.15, 0.2) is 29.1 Å². The normalized spacial score (nSPS) is 11.0. The Morgan fingerprint density at radius 3 is 1.46 bits per heavy atom. The zero-order valence-corrected chi connectivity index (χ0v) is 15.3. The van der Waals surface area contributed by atoms with Crippen molar-refractivity contribution in [3.8, 4) is 0 Å². The summed E-state index contributed by atoms with van der Waals surface area (Å²) in [5, 5.41) is 0. The highest BCUT2D eigenvalue weighted by Gasteiger charge is 2.36. The second-order valence-corrected chi connectivity index (χ2v) is 6.78. The Balaban J connectivity index is 2.42. The monoisotopic (exact) mass is 392 g/mol. The van der Waals surface area contributed by atoms with Gasteiger partial charge in [-0.25, -0.2) is 26.3 Å². The topological polar surface area (TPSA) is 0 Å². The Labute approximate surface area is 158 Å². The van der Waals surface area contributed by atoms with E-state index in [4.69, 9.17) is 0 Å². The average Bonchev–Trinajstić information content (AvgIpc) is 2.63. The quantitative estimate of drug-likeness (QED) is 0.274. The fraction of sp³-hybridized carbons (Fsp3) is 0.143. The average molecular weight is 392 g/mol. The van der Waals surface area contributed by atoms with E-state index in [1.54, 1.807) is 26.0 Å². The van der Waals surface area contributed by atoms with E-state index in [0.717, 1.165) is 17.7 Å². The lowest BCUT2D eigenvalue weighted by Gasteiger charge is -2.22. The molecule has 0 saturated heterocycles. The van der Waals surface area contributed by atoms with Gasteiger partial charge in [-0.2, -0.15) is 0 Å². The van der Waals surface area contributed by atoms with Gasteiger partial charge in [-0.05, 0) is 32.9 Å². The fourth-order valence-electron chi connectivity index (χ4n) is 3.65. The maximum Gasteiger partial charge on any atom is 0.249 e. The molecule has 0 radical (unpaired) electrons. The van der Waals surface area contributed by atoms with Gasteiger partial charge in [0.05, 0.1) is 0 Å². The molecule has 0 aliphatic heterocycles. The Kier molecular flexibility index (Phi) is 5.28. The molecule has 0 bridgehead atoms. The first-order valence-corrected chi connectivity index (χ1v) is 8.48. The summed E-state index contributed by atoms with van der Waals surface area (Å²) in [6, 6.07) is 8.21. The van der Waals surface area contributed by atoms with Crippen molar-refractivity contribution in [1.29, 1.82) is 0 Å². The fourth-order valence-corrected chi connectivity index (χ4v) is 3.65. The molecule has 28 heavy (non-hydrogen) atoms. The third kappa shape index (κ3) is 3.30. The van der Waals surface area contributed by atoms with Gasteiger partial charge in [0.2, 0.25) is 6.71 Å². The Bertz CT molecular complexity index is 1010. The number of halogens is 6. The van der Waals surface area contributed by atoms with Gasteiger partial charge in [-0.15, -0.1) is 0 Å². The van der Waals surface area contributed by atoms with Gasteiger partial charge < -0.3 is 0 Å². The van der Waals surface area contributed by atoms with Crippen LogP contribution in [0.3, 0.4) is 0 Å². The van der Waals surface area contributed by atoms with Crippen LogP contribution in [0.2, 0.25) is 0 Å². The SMILES string of the molecule is Cc1cc(C)c(B(c2ccc(F)cc2)c2c(F)c(F)c(F)c(F)c2F)c(C)c1. The van der Waals surface area contributed by atoms with Crippen LogP contribution >= 0.6 is 0 Å². The summed E-state index contributed by atoms with van der Waals surface area (Å²) >= 11 is 0. The first-order chi connectivity index (χ1) is 13.1. The van der Waals surface area contributed by atoms with Crippen LogP contribution in [-0.2, 0) is 0 Å². The van der Waals surface area contributed by atoms with E-state index in [1.165, 1.54) is 12.1 Å². The third-order valence-electron chi connectivity index (χ3n) is 4.76. The number of rotatable bonds is 3. The van der Waals surface area contributed by atoms with Crippen molar-refractivity contribution >= 4 is 23.1 Å². The Morgan fingerprint density at radius 2 is 1.00 bits per heavy atom. The minimum Gasteiger partial charge on any atom is -0.207 e. The molecular weight excluding hydrogens is 377 g/mol. The molecule has 0 spiro atoms. The summed E-state index contributed by atoms with van der Waals surface area (Å²) in [6.07, 6.45) is 0. The smallest absolute Gasteiger partial charge is 0.207 e. The molecule has 144 valence electrons. The Hall–Kier alpha value is -2.70. The van der Waals surface area contributed by atoms with Crippen molar-refractivity contribution in [2.75, 3.05) is 0 Å². The molecule has 7 heteroatoms. The van der Waals surface area contributed by atoms with Crippen LogP contribution in [0.1, 0.15) is 16.7 Å². The largest absolute Gasteiger partial charge is 0.249 e. The standard InChI is InChI=1S/C21H15BF6/c1-10-8-11(2)15(12(3)9-10)22(13-4-6-14(23)7-5-13)16-17(24)19(26)21(28)20(27)18(16)25/h4-9H,1-3H3. The molecule has 3 rings (SSSR count). The highest BCUT2D eigenvalue weighted by atomic mass is 19.2. The summed E-state index contributed by atoms with van der Waals surface area (Å²) in [4.78, 5) is 0. The van der Waals surface area contributed by atoms with Gasteiger partial charge in [-0.3, -0.25) is 0 Å². The molecule has 0 aromatic heterocycles. The first kappa shape index (κ1) is 20.0. The van der Waals surface area contributed by atoms with Crippen LogP contribution < -0.4 is 16.4 Å². The van der Waals surface area contributed by atoms with E-state index in [1.807, 2.05) is 6.92 Å². The molecule has 0 amide bonds. The summed E-state index contributed by atoms with van der Waals surface area (Å²) in [5.41, 5.74) is 1.78. The van der Waals surface area contributed by atoms with Gasteiger partial charge in [-0.1, -0.05) is 51.9 Å². The van der Waals surface area contributed by atoms with Gasteiger partial charge in [0.25, 0.3) is 0 Å². The van der Waals surface area contributed by atoms with Crippen molar-refractivity contribution in [1.82, 2.24) is 0 Å². The molecule has 0 aliphatic carbocycles. The van der Waals surface area contributed by atoms with Gasteiger partial charge in [0.1, 0.15) is 5.82 Å². The zero-order chi connectivity index (χ0) is 20.7. The van der Waals surface area contributed by atoms with E-state index in [0.29, 0.717) is 16.6 Å². The number of hydrogen-bond donors (Lipinski definition) is 0. The van der Waals surface area contributed by atoms with Crippen molar-refractivity contribution < 1.29 is 26.3 Å². The highest BCUT2D eigenvalue weighted by molar-refractivity contribution is 6.96. The van der Waals surface area contributed by atoms with E-state index in [2.05, 4.69) is 0 Å². The minimum absolute atomic E-state index is 0.208. The maximum absolute atomic E-state index is 14.7. The Morgan fingerprint density at radius 1 is 0.571 bits per heavy atom. The van der Waals surface area contributed by atoms with Crippen LogP contribution in [0.4, 0.5) is 26.3 Å². The van der Waals surface area contributed by atoms with Crippen molar-refractivity contribution in [3.05, 3.63) is 88.0 Å². The lowest BCUT2D eigenvalue weighted by molar-refractivity contribution is 0.384. The molecule has 0 unspecified atom stereocenters. The number of hydrogen-bond acceptors (Lipinski definition) is 0. The molecule has 3 aromatic rings. The lowest BCUT2D eigenvalue weighted by Crippen LogP contribution is -2.57. The number of aryl methyl sites for hydroxylation is 3. The van der Waals surface area contributed by atoms with Crippen LogP contribution in [0.25, 0.3) is 0 Å². The predicted octanol–water partition coefficient (Wildman–Crippen LogP) is 3.96. The molecule has 0 aliphatic rings. The zero-order valence-electron chi connectivity index (χ0n) is 15.3. The van der Waals surface area contributed by atoms with Gasteiger partial charge >= 0.3 is 0 Å². The molecule has 3 aromatic carbocycles. The molecule has 0 saturated carbocycles. The second-order valence-electron chi connectivity index (χ2n) is 6.78. The molecule has 0 heterocycles. The van der Waals surface area contributed by atoms with Gasteiger partial charge in [0, 0.05) is 5.46 Å². The van der Waals surface area contributed by atoms with Crippen molar-refractivity contribution in [2.24, 2.45) is 0 Å². The van der Waals surface area contributed by atoms with E-state index in [9.17, 15) is 26.3 Å². The molecular formula is C21H15BF6. The molecule has 0 fully saturated rings. The lowest BCUT2D eigenvalue weighted by atomic mass is 9.35. The van der Waals surface area contributed by atoms with E-state index >= 15 is 0 Å².